The van der Waals surface area contributed by atoms with Crippen LogP contribution in [0.3, 0.4) is 0 Å². The minimum absolute atomic E-state index is 0.239. The fraction of sp³-hybridized carbons (Fsp3) is 0.176. The Hall–Kier alpha value is -2.68. The number of anilines is 1. The van der Waals surface area contributed by atoms with E-state index < -0.39 is 7.12 Å². The van der Waals surface area contributed by atoms with Crippen molar-refractivity contribution in [3.05, 3.63) is 42.1 Å². The number of nitrogen functional groups attached to an aromatic ring is 1. The zero-order valence-corrected chi connectivity index (χ0v) is 13.9. The summed E-state index contributed by atoms with van der Waals surface area (Å²) in [6.07, 6.45) is 1.50. The number of ether oxygens (including phenoxy) is 2. The minimum atomic E-state index is -1.62. The zero-order valence-electron chi connectivity index (χ0n) is 13.9. The van der Waals surface area contributed by atoms with Gasteiger partial charge in [0.25, 0.3) is 0 Å². The van der Waals surface area contributed by atoms with Crippen LogP contribution in [0.15, 0.2) is 36.5 Å². The molecule has 0 aliphatic heterocycles. The van der Waals surface area contributed by atoms with Crippen molar-refractivity contribution in [1.82, 2.24) is 10.2 Å². The van der Waals surface area contributed by atoms with Gasteiger partial charge in [0.2, 0.25) is 0 Å². The lowest BCUT2D eigenvalue weighted by Gasteiger charge is -2.16. The van der Waals surface area contributed by atoms with Crippen LogP contribution in [-0.4, -0.2) is 41.6 Å². The van der Waals surface area contributed by atoms with Crippen LogP contribution in [0.5, 0.6) is 5.75 Å². The molecule has 0 amide bonds. The van der Waals surface area contributed by atoms with Gasteiger partial charge in [0.15, 0.2) is 0 Å². The zero-order chi connectivity index (χ0) is 18.0. The lowest BCUT2D eigenvalue weighted by atomic mass is 9.75. The van der Waals surface area contributed by atoms with Crippen LogP contribution >= 0.6 is 0 Å². The Balaban J connectivity index is 2.20. The molecule has 4 N–H and O–H groups in total. The van der Waals surface area contributed by atoms with Crippen LogP contribution < -0.4 is 15.9 Å². The van der Waals surface area contributed by atoms with Gasteiger partial charge in [-0.3, -0.25) is 0 Å². The molecule has 7 nitrogen and oxygen atoms in total. The first kappa shape index (κ1) is 17.2. The Morgan fingerprint density at radius 3 is 2.64 bits per heavy atom. The summed E-state index contributed by atoms with van der Waals surface area (Å²) < 4.78 is 10.6. The number of methoxy groups -OCH3 is 2. The maximum absolute atomic E-state index is 9.69. The largest absolute Gasteiger partial charge is 0.496 e. The Morgan fingerprint density at radius 2 is 1.96 bits per heavy atom. The van der Waals surface area contributed by atoms with Crippen LogP contribution in [0.1, 0.15) is 5.56 Å². The first-order chi connectivity index (χ1) is 12.0. The predicted molar refractivity (Wildman–Crippen MR) is 96.5 cm³/mol. The molecule has 8 heteroatoms. The second-order valence-corrected chi connectivity index (χ2v) is 5.59. The fourth-order valence-electron chi connectivity index (χ4n) is 2.80. The molecule has 0 saturated heterocycles. The summed E-state index contributed by atoms with van der Waals surface area (Å²) in [6.45, 7) is 0.239. The second kappa shape index (κ2) is 7.06. The summed E-state index contributed by atoms with van der Waals surface area (Å²) in [5, 5.41) is 28.2. The number of hydrogen-bond donors (Lipinski definition) is 3. The maximum Gasteiger partial charge on any atom is 0.488 e. The molecule has 0 spiro atoms. The van der Waals surface area contributed by atoms with Gasteiger partial charge in [0.1, 0.15) is 5.75 Å². The minimum Gasteiger partial charge on any atom is -0.496 e. The molecule has 0 saturated carbocycles. The average molecular weight is 339 g/mol. The van der Waals surface area contributed by atoms with Crippen LogP contribution in [0, 0.1) is 0 Å². The van der Waals surface area contributed by atoms with Crippen molar-refractivity contribution in [1.29, 1.82) is 0 Å². The first-order valence-electron chi connectivity index (χ1n) is 7.62. The lowest BCUT2D eigenvalue weighted by Crippen LogP contribution is -2.33. The van der Waals surface area contributed by atoms with Crippen LogP contribution in [0.25, 0.3) is 22.0 Å². The molecular formula is C17H18BN3O4. The van der Waals surface area contributed by atoms with Gasteiger partial charge in [0, 0.05) is 18.1 Å². The number of aromatic nitrogens is 2. The lowest BCUT2D eigenvalue weighted by molar-refractivity contribution is 0.185. The van der Waals surface area contributed by atoms with E-state index >= 15 is 0 Å². The molecule has 0 unspecified atom stereocenters. The molecule has 2 aromatic carbocycles. The summed E-state index contributed by atoms with van der Waals surface area (Å²) in [7, 11) is 1.48. The maximum atomic E-state index is 9.69. The summed E-state index contributed by atoms with van der Waals surface area (Å²) in [5.74, 6) is 0.590. The number of hydrogen-bond acceptors (Lipinski definition) is 7. The highest BCUT2D eigenvalue weighted by Gasteiger charge is 2.20. The van der Waals surface area contributed by atoms with Gasteiger partial charge >= 0.3 is 7.12 Å². The van der Waals surface area contributed by atoms with E-state index in [-0.39, 0.29) is 6.61 Å². The molecule has 1 aromatic heterocycles. The van der Waals surface area contributed by atoms with Crippen molar-refractivity contribution in [2.24, 2.45) is 0 Å². The summed E-state index contributed by atoms with van der Waals surface area (Å²) >= 11 is 0. The van der Waals surface area contributed by atoms with Crippen LogP contribution in [-0.2, 0) is 11.3 Å². The van der Waals surface area contributed by atoms with E-state index in [1.165, 1.54) is 6.20 Å². The van der Waals surface area contributed by atoms with E-state index in [1.807, 2.05) is 18.2 Å². The van der Waals surface area contributed by atoms with Crippen molar-refractivity contribution < 1.29 is 19.5 Å². The van der Waals surface area contributed by atoms with E-state index in [2.05, 4.69) is 10.2 Å². The summed E-state index contributed by atoms with van der Waals surface area (Å²) in [5.41, 5.74) is 9.61. The van der Waals surface area contributed by atoms with Crippen molar-refractivity contribution in [2.45, 2.75) is 6.61 Å². The molecule has 128 valence electrons. The van der Waals surface area contributed by atoms with Crippen molar-refractivity contribution >= 4 is 29.2 Å². The van der Waals surface area contributed by atoms with Gasteiger partial charge in [-0.1, -0.05) is 12.1 Å². The topological polar surface area (TPSA) is 111 Å². The average Bonchev–Trinajstić information content (AvgIpc) is 2.61. The Labute approximate surface area is 145 Å². The van der Waals surface area contributed by atoms with E-state index in [0.717, 1.165) is 10.9 Å². The highest BCUT2D eigenvalue weighted by molar-refractivity contribution is 6.59. The Kier molecular flexibility index (Phi) is 4.85. The van der Waals surface area contributed by atoms with Gasteiger partial charge in [-0.2, -0.15) is 10.2 Å². The Morgan fingerprint density at radius 1 is 1.16 bits per heavy atom. The standard InChI is InChI=1S/C17H18BN3O4/c1-24-9-11-6-17(25-2)13(7-14(11)18(22)23)10-3-4-12-15(19)8-20-21-16(12)5-10/h3-8,22-23H,9H2,1-2H3,(H2,19,21). The molecule has 0 aliphatic rings. The second-order valence-electron chi connectivity index (χ2n) is 5.59. The molecule has 0 atom stereocenters. The number of nitrogens with two attached hydrogens (primary N) is 1. The van der Waals surface area contributed by atoms with Crippen LogP contribution in [0.4, 0.5) is 5.69 Å². The van der Waals surface area contributed by atoms with Gasteiger partial charge in [-0.15, -0.1) is 0 Å². The predicted octanol–water partition coefficient (Wildman–Crippen LogP) is 0.714. The highest BCUT2D eigenvalue weighted by atomic mass is 16.5. The smallest absolute Gasteiger partial charge is 0.488 e. The van der Waals surface area contributed by atoms with E-state index in [4.69, 9.17) is 15.2 Å². The van der Waals surface area contributed by atoms with Crippen molar-refractivity contribution in [2.75, 3.05) is 20.0 Å². The number of fused-ring (bicyclic) bond motifs is 1. The van der Waals surface area contributed by atoms with Crippen LogP contribution in [0.2, 0.25) is 0 Å². The molecule has 0 bridgehead atoms. The Bertz CT molecular complexity index is 918. The molecular weight excluding hydrogens is 321 g/mol. The number of benzene rings is 2. The fourth-order valence-corrected chi connectivity index (χ4v) is 2.80. The number of nitrogens with zero attached hydrogens (tertiary/aromatic N) is 2. The number of rotatable bonds is 5. The van der Waals surface area contributed by atoms with Gasteiger partial charge in [0.05, 0.1) is 31.1 Å². The first-order valence-corrected chi connectivity index (χ1v) is 7.62. The summed E-state index contributed by atoms with van der Waals surface area (Å²) in [4.78, 5) is 0. The molecule has 0 radical (unpaired) electrons. The SMILES string of the molecule is COCc1cc(OC)c(-c2ccc3c(N)cnnc3c2)cc1B(O)O. The van der Waals surface area contributed by atoms with E-state index in [9.17, 15) is 10.0 Å². The third-order valence-electron chi connectivity index (χ3n) is 4.02. The monoisotopic (exact) mass is 339 g/mol. The normalized spacial score (nSPS) is 10.9. The molecule has 25 heavy (non-hydrogen) atoms. The van der Waals surface area contributed by atoms with Crippen molar-refractivity contribution in [3.8, 4) is 16.9 Å². The van der Waals surface area contributed by atoms with Crippen molar-refractivity contribution in [3.63, 3.8) is 0 Å². The molecule has 0 fully saturated rings. The van der Waals surface area contributed by atoms with E-state index in [1.54, 1.807) is 26.4 Å². The highest BCUT2D eigenvalue weighted by Crippen LogP contribution is 2.32. The molecule has 3 rings (SSSR count). The quantitative estimate of drug-likeness (QED) is 0.587. The molecule has 1 heterocycles. The third-order valence-corrected chi connectivity index (χ3v) is 4.02. The molecule has 3 aromatic rings. The van der Waals surface area contributed by atoms with E-state index in [0.29, 0.717) is 33.5 Å². The third kappa shape index (κ3) is 3.27. The van der Waals surface area contributed by atoms with Gasteiger partial charge < -0.3 is 25.3 Å². The van der Waals surface area contributed by atoms with Gasteiger partial charge in [-0.05, 0) is 34.8 Å². The van der Waals surface area contributed by atoms with Gasteiger partial charge in [-0.25, -0.2) is 0 Å². The summed E-state index contributed by atoms with van der Waals surface area (Å²) in [6, 6.07) is 8.98. The molecule has 0 aliphatic carbocycles.